The van der Waals surface area contributed by atoms with E-state index in [9.17, 15) is 4.39 Å². The fraction of sp³-hybridized carbons (Fsp3) is 0.571. The van der Waals surface area contributed by atoms with Crippen molar-refractivity contribution in [2.45, 2.75) is 44.2 Å². The third-order valence-electron chi connectivity index (χ3n) is 4.57. The van der Waals surface area contributed by atoms with Crippen molar-refractivity contribution >= 4 is 11.6 Å². The minimum Gasteiger partial charge on any atom is -0.487 e. The lowest BCUT2D eigenvalue weighted by molar-refractivity contribution is -0.0636. The Bertz CT molecular complexity index is 459. The number of nitrogens with two attached hydrogens (primary N) is 1. The normalized spacial score (nSPS) is 29.3. The van der Waals surface area contributed by atoms with Crippen LogP contribution in [0.2, 0.25) is 5.02 Å². The van der Waals surface area contributed by atoms with Crippen molar-refractivity contribution in [1.29, 1.82) is 0 Å². The maximum absolute atomic E-state index is 13.8. The molecule has 1 aromatic carbocycles. The molecule has 2 aliphatic rings. The number of halogens is 2. The molecule has 4 heteroatoms. The van der Waals surface area contributed by atoms with Gasteiger partial charge in [-0.3, -0.25) is 0 Å². The predicted molar refractivity (Wildman–Crippen MR) is 69.3 cm³/mol. The van der Waals surface area contributed by atoms with Crippen LogP contribution < -0.4 is 10.5 Å². The molecule has 0 saturated heterocycles. The van der Waals surface area contributed by atoms with E-state index in [1.165, 1.54) is 18.9 Å². The molecule has 2 nitrogen and oxygen atoms in total. The zero-order valence-corrected chi connectivity index (χ0v) is 10.9. The Morgan fingerprint density at radius 1 is 1.33 bits per heavy atom. The van der Waals surface area contributed by atoms with Gasteiger partial charge in [-0.05, 0) is 25.0 Å². The summed E-state index contributed by atoms with van der Waals surface area (Å²) >= 11 is 5.76. The summed E-state index contributed by atoms with van der Waals surface area (Å²) in [7, 11) is 0. The van der Waals surface area contributed by atoms with Crippen molar-refractivity contribution in [3.05, 3.63) is 29.0 Å². The smallest absolute Gasteiger partial charge is 0.183 e. The number of hydrogen-bond acceptors (Lipinski definition) is 2. The molecule has 0 amide bonds. The maximum atomic E-state index is 13.8. The van der Waals surface area contributed by atoms with E-state index >= 15 is 0 Å². The first kappa shape index (κ1) is 12.2. The van der Waals surface area contributed by atoms with Crippen molar-refractivity contribution in [3.63, 3.8) is 0 Å². The highest BCUT2D eigenvalue weighted by Crippen LogP contribution is 2.54. The maximum Gasteiger partial charge on any atom is 0.183 e. The Morgan fingerprint density at radius 2 is 2.06 bits per heavy atom. The lowest BCUT2D eigenvalue weighted by atomic mass is 9.61. The van der Waals surface area contributed by atoms with Crippen LogP contribution in [-0.2, 0) is 0 Å². The highest BCUT2D eigenvalue weighted by Gasteiger charge is 2.56. The number of benzene rings is 1. The van der Waals surface area contributed by atoms with Crippen molar-refractivity contribution < 1.29 is 9.13 Å². The molecule has 2 fully saturated rings. The molecule has 0 radical (unpaired) electrons. The topological polar surface area (TPSA) is 35.2 Å². The van der Waals surface area contributed by atoms with Crippen molar-refractivity contribution in [3.8, 4) is 5.75 Å². The number of hydrogen-bond donors (Lipinski definition) is 1. The summed E-state index contributed by atoms with van der Waals surface area (Å²) in [6.07, 6.45) is 5.45. The fourth-order valence-electron chi connectivity index (χ4n) is 3.40. The molecule has 0 aliphatic heterocycles. The average molecular weight is 270 g/mol. The van der Waals surface area contributed by atoms with Gasteiger partial charge in [0.25, 0.3) is 0 Å². The van der Waals surface area contributed by atoms with Gasteiger partial charge in [-0.2, -0.15) is 0 Å². The van der Waals surface area contributed by atoms with E-state index in [1.54, 1.807) is 12.1 Å². The summed E-state index contributed by atoms with van der Waals surface area (Å²) in [6, 6.07) is 5.07. The SMILES string of the molecule is NC1CC(Oc2cccc(Cl)c2F)C12CCCC2. The third kappa shape index (κ3) is 1.72. The molecule has 2 aliphatic carbocycles. The van der Waals surface area contributed by atoms with Crippen LogP contribution in [0.5, 0.6) is 5.75 Å². The summed E-state index contributed by atoms with van der Waals surface area (Å²) < 4.78 is 19.6. The lowest BCUT2D eigenvalue weighted by Crippen LogP contribution is -2.62. The van der Waals surface area contributed by atoms with Gasteiger partial charge in [-0.15, -0.1) is 0 Å². The van der Waals surface area contributed by atoms with E-state index in [1.807, 2.05) is 0 Å². The van der Waals surface area contributed by atoms with Crippen LogP contribution in [-0.4, -0.2) is 12.1 Å². The molecule has 3 rings (SSSR count). The van der Waals surface area contributed by atoms with Crippen LogP contribution in [0.4, 0.5) is 4.39 Å². The molecular formula is C14H17ClFNO. The predicted octanol–water partition coefficient (Wildman–Crippen LogP) is 3.52. The number of ether oxygens (including phenoxy) is 1. The van der Waals surface area contributed by atoms with Crippen LogP contribution in [0.25, 0.3) is 0 Å². The molecule has 98 valence electrons. The van der Waals surface area contributed by atoms with Crippen molar-refractivity contribution in [1.82, 2.24) is 0 Å². The van der Waals surface area contributed by atoms with Gasteiger partial charge >= 0.3 is 0 Å². The summed E-state index contributed by atoms with van der Waals surface area (Å²) in [6.45, 7) is 0. The second kappa shape index (κ2) is 4.39. The van der Waals surface area contributed by atoms with Crippen molar-refractivity contribution in [2.75, 3.05) is 0 Å². The van der Waals surface area contributed by atoms with E-state index < -0.39 is 5.82 Å². The van der Waals surface area contributed by atoms with Gasteiger partial charge in [0.15, 0.2) is 11.6 Å². The quantitative estimate of drug-likeness (QED) is 0.892. The fourth-order valence-corrected chi connectivity index (χ4v) is 3.56. The second-order valence-electron chi connectivity index (χ2n) is 5.44. The molecule has 1 aromatic rings. The summed E-state index contributed by atoms with van der Waals surface area (Å²) in [4.78, 5) is 0. The van der Waals surface area contributed by atoms with Crippen molar-refractivity contribution in [2.24, 2.45) is 11.1 Å². The molecule has 2 N–H and O–H groups in total. The average Bonchev–Trinajstić information content (AvgIpc) is 2.86. The minimum absolute atomic E-state index is 0.0444. The molecule has 0 bridgehead atoms. The van der Waals surface area contributed by atoms with Crippen LogP contribution in [0, 0.1) is 11.2 Å². The summed E-state index contributed by atoms with van der Waals surface area (Å²) in [5.41, 5.74) is 6.21. The van der Waals surface area contributed by atoms with Crippen LogP contribution in [0.15, 0.2) is 18.2 Å². The monoisotopic (exact) mass is 269 g/mol. The van der Waals surface area contributed by atoms with Gasteiger partial charge < -0.3 is 10.5 Å². The molecule has 1 spiro atoms. The first-order chi connectivity index (χ1) is 8.63. The van der Waals surface area contributed by atoms with Crippen LogP contribution in [0.1, 0.15) is 32.1 Å². The molecule has 2 atom stereocenters. The molecule has 2 saturated carbocycles. The highest BCUT2D eigenvalue weighted by molar-refractivity contribution is 6.30. The molecule has 18 heavy (non-hydrogen) atoms. The Morgan fingerprint density at radius 3 is 2.72 bits per heavy atom. The summed E-state index contributed by atoms with van der Waals surface area (Å²) in [5, 5.41) is 0.108. The third-order valence-corrected chi connectivity index (χ3v) is 4.86. The van der Waals surface area contributed by atoms with Gasteiger partial charge in [-0.1, -0.05) is 30.5 Å². The lowest BCUT2D eigenvalue weighted by Gasteiger charge is -2.52. The Kier molecular flexibility index (Phi) is 2.99. The van der Waals surface area contributed by atoms with Gasteiger partial charge in [0.05, 0.1) is 5.02 Å². The second-order valence-corrected chi connectivity index (χ2v) is 5.85. The standard InChI is InChI=1S/C14H17ClFNO/c15-9-4-3-5-10(13(9)16)18-12-8-11(17)14(12)6-1-2-7-14/h3-5,11-12H,1-2,6-8,17H2. The van der Waals surface area contributed by atoms with Gasteiger partial charge in [-0.25, -0.2) is 4.39 Å². The minimum atomic E-state index is -0.465. The molecule has 0 heterocycles. The zero-order valence-electron chi connectivity index (χ0n) is 10.2. The Balaban J connectivity index is 1.79. The van der Waals surface area contributed by atoms with Gasteiger partial charge in [0.2, 0.25) is 0 Å². The Hall–Kier alpha value is -0.800. The highest BCUT2D eigenvalue weighted by atomic mass is 35.5. The molecule has 0 aromatic heterocycles. The van der Waals surface area contributed by atoms with E-state index in [4.69, 9.17) is 22.1 Å². The number of rotatable bonds is 2. The van der Waals surface area contributed by atoms with E-state index in [0.717, 1.165) is 19.3 Å². The first-order valence-electron chi connectivity index (χ1n) is 6.50. The first-order valence-corrected chi connectivity index (χ1v) is 6.87. The van der Waals surface area contributed by atoms with Gasteiger partial charge in [0, 0.05) is 17.9 Å². The molecular weight excluding hydrogens is 253 g/mol. The van der Waals surface area contributed by atoms with E-state index in [-0.39, 0.29) is 28.3 Å². The van der Waals surface area contributed by atoms with Crippen LogP contribution in [0.3, 0.4) is 0 Å². The summed E-state index contributed by atoms with van der Waals surface area (Å²) in [5.74, 6) is -0.210. The zero-order chi connectivity index (χ0) is 12.8. The Labute approximate surface area is 111 Å². The van der Waals surface area contributed by atoms with Crippen LogP contribution >= 0.6 is 11.6 Å². The molecule has 2 unspecified atom stereocenters. The van der Waals surface area contributed by atoms with Gasteiger partial charge in [0.1, 0.15) is 6.10 Å². The van der Waals surface area contributed by atoms with E-state index in [0.29, 0.717) is 0 Å². The van der Waals surface area contributed by atoms with E-state index in [2.05, 4.69) is 0 Å². The largest absolute Gasteiger partial charge is 0.487 e.